The number of aromatic nitrogens is 1. The lowest BCUT2D eigenvalue weighted by molar-refractivity contribution is -0.274. The zero-order chi connectivity index (χ0) is 27.3. The topological polar surface area (TPSA) is 84.8 Å². The first-order valence-electron chi connectivity index (χ1n) is 12.4. The Bertz CT molecular complexity index is 1320. The third-order valence-electron chi connectivity index (χ3n) is 6.77. The molecular weight excluding hydrogens is 501 g/mol. The van der Waals surface area contributed by atoms with Crippen molar-refractivity contribution in [3.05, 3.63) is 70.0 Å². The molecule has 4 rings (SSSR count). The van der Waals surface area contributed by atoms with Crippen LogP contribution in [0.5, 0.6) is 11.5 Å². The first-order valence-corrected chi connectivity index (χ1v) is 12.4. The normalized spacial score (nSPS) is 15.0. The van der Waals surface area contributed by atoms with E-state index < -0.39 is 6.36 Å². The minimum absolute atomic E-state index is 0.233. The second kappa shape index (κ2) is 11.9. The zero-order valence-corrected chi connectivity index (χ0v) is 21.3. The van der Waals surface area contributed by atoms with Crippen LogP contribution in [0.25, 0.3) is 10.9 Å². The quantitative estimate of drug-likeness (QED) is 0.439. The molecule has 2 heterocycles. The molecule has 0 saturated carbocycles. The Morgan fingerprint density at radius 3 is 2.34 bits per heavy atom. The third-order valence-corrected chi connectivity index (χ3v) is 6.77. The summed E-state index contributed by atoms with van der Waals surface area (Å²) in [5.74, 6) is 0.0573. The number of alkyl halides is 3. The zero-order valence-electron chi connectivity index (χ0n) is 21.3. The number of ether oxygens (including phenoxy) is 2. The molecule has 8 nitrogen and oxygen atoms in total. The minimum Gasteiger partial charge on any atom is -0.497 e. The van der Waals surface area contributed by atoms with Gasteiger partial charge in [0.05, 0.1) is 18.2 Å². The molecule has 3 aromatic rings. The van der Waals surface area contributed by atoms with E-state index in [1.165, 1.54) is 25.2 Å². The first-order chi connectivity index (χ1) is 18.2. The summed E-state index contributed by atoms with van der Waals surface area (Å²) in [4.78, 5) is 27.6. The number of rotatable bonds is 9. The van der Waals surface area contributed by atoms with Crippen LogP contribution in [-0.4, -0.2) is 61.6 Å². The van der Waals surface area contributed by atoms with Gasteiger partial charge in [0.15, 0.2) is 0 Å². The number of amides is 1. The van der Waals surface area contributed by atoms with Crippen LogP contribution in [0, 0.1) is 0 Å². The van der Waals surface area contributed by atoms with Crippen molar-refractivity contribution in [1.82, 2.24) is 20.1 Å². The Hall–Kier alpha value is -3.57. The lowest BCUT2D eigenvalue weighted by atomic mass is 10.0. The number of nitrogens with zero attached hydrogens (tertiary/aromatic N) is 2. The fourth-order valence-electron chi connectivity index (χ4n) is 4.71. The number of methoxy groups -OCH3 is 1. The van der Waals surface area contributed by atoms with Gasteiger partial charge < -0.3 is 29.6 Å². The molecule has 0 radical (unpaired) electrons. The number of hydrogen-bond donors (Lipinski definition) is 2. The molecule has 1 aliphatic rings. The fourth-order valence-corrected chi connectivity index (χ4v) is 4.71. The Labute approximate surface area is 218 Å². The molecule has 0 aliphatic carbocycles. The van der Waals surface area contributed by atoms with Crippen LogP contribution < -0.4 is 25.7 Å². The van der Waals surface area contributed by atoms with Crippen LogP contribution in [0.1, 0.15) is 28.8 Å². The van der Waals surface area contributed by atoms with E-state index in [1.54, 1.807) is 42.0 Å². The number of piperidine rings is 1. The number of carbonyl (C=O) groups is 1. The minimum atomic E-state index is -4.70. The van der Waals surface area contributed by atoms with E-state index in [-0.39, 0.29) is 23.3 Å². The highest BCUT2D eigenvalue weighted by Gasteiger charge is 2.31. The van der Waals surface area contributed by atoms with Gasteiger partial charge in [-0.05, 0) is 55.8 Å². The molecule has 2 aromatic carbocycles. The van der Waals surface area contributed by atoms with Gasteiger partial charge in [0.1, 0.15) is 11.5 Å². The van der Waals surface area contributed by atoms with Gasteiger partial charge in [0.25, 0.3) is 11.5 Å². The van der Waals surface area contributed by atoms with Crippen LogP contribution >= 0.6 is 0 Å². The van der Waals surface area contributed by atoms with Crippen LogP contribution in [0.3, 0.4) is 0 Å². The molecule has 0 spiro atoms. The molecule has 2 N–H and O–H groups in total. The smallest absolute Gasteiger partial charge is 0.497 e. The molecule has 1 aromatic heterocycles. The number of nitrogens with one attached hydrogen (secondary N) is 2. The second-order valence-electron chi connectivity index (χ2n) is 9.20. The summed E-state index contributed by atoms with van der Waals surface area (Å²) in [6, 6.07) is 12.9. The number of pyridine rings is 1. The number of hydrogen-bond acceptors (Lipinski definition) is 6. The van der Waals surface area contributed by atoms with Crippen molar-refractivity contribution in [3.63, 3.8) is 0 Å². The number of fused-ring (bicyclic) bond motifs is 1. The highest BCUT2D eigenvalue weighted by Crippen LogP contribution is 2.24. The Morgan fingerprint density at radius 1 is 1.03 bits per heavy atom. The molecular formula is C27H31F3N4O4. The summed E-state index contributed by atoms with van der Waals surface area (Å²) >= 11 is 0. The molecule has 0 bridgehead atoms. The summed E-state index contributed by atoms with van der Waals surface area (Å²) in [7, 11) is 3.09. The SMILES string of the molecule is CNC(=O)c1cc(=O)n(CCN2CCC(NCc3ccc(OC(F)(F)F)cc3)CC2)c2cc(OC)ccc12. The number of halogens is 3. The predicted octanol–water partition coefficient (Wildman–Crippen LogP) is 3.52. The van der Waals surface area contributed by atoms with Crippen molar-refractivity contribution in [1.29, 1.82) is 0 Å². The molecule has 1 amide bonds. The van der Waals surface area contributed by atoms with Crippen LogP contribution in [0.4, 0.5) is 13.2 Å². The Kier molecular flexibility index (Phi) is 8.58. The van der Waals surface area contributed by atoms with Gasteiger partial charge in [0.2, 0.25) is 0 Å². The van der Waals surface area contributed by atoms with Gasteiger partial charge in [0, 0.05) is 50.2 Å². The highest BCUT2D eigenvalue weighted by atomic mass is 19.4. The predicted molar refractivity (Wildman–Crippen MR) is 138 cm³/mol. The summed E-state index contributed by atoms with van der Waals surface area (Å²) in [5, 5.41) is 6.75. The fraction of sp³-hybridized carbons (Fsp3) is 0.407. The summed E-state index contributed by atoms with van der Waals surface area (Å²) < 4.78 is 47.9. The molecule has 1 aliphatic heterocycles. The second-order valence-corrected chi connectivity index (χ2v) is 9.20. The maximum Gasteiger partial charge on any atom is 0.573 e. The van der Waals surface area contributed by atoms with E-state index in [9.17, 15) is 22.8 Å². The van der Waals surface area contributed by atoms with Gasteiger partial charge in [-0.25, -0.2) is 0 Å². The van der Waals surface area contributed by atoms with Gasteiger partial charge in [-0.2, -0.15) is 0 Å². The maximum absolute atomic E-state index is 13.0. The van der Waals surface area contributed by atoms with Gasteiger partial charge >= 0.3 is 6.36 Å². The van der Waals surface area contributed by atoms with Crippen molar-refractivity contribution in [2.45, 2.75) is 38.3 Å². The van der Waals surface area contributed by atoms with Gasteiger partial charge in [-0.1, -0.05) is 12.1 Å². The third kappa shape index (κ3) is 6.84. The van der Waals surface area contributed by atoms with Crippen molar-refractivity contribution in [2.75, 3.05) is 33.8 Å². The monoisotopic (exact) mass is 532 g/mol. The number of benzene rings is 2. The Morgan fingerprint density at radius 2 is 1.71 bits per heavy atom. The van der Waals surface area contributed by atoms with Crippen molar-refractivity contribution in [2.24, 2.45) is 0 Å². The van der Waals surface area contributed by atoms with Crippen molar-refractivity contribution < 1.29 is 27.4 Å². The molecule has 38 heavy (non-hydrogen) atoms. The van der Waals surface area contributed by atoms with Crippen molar-refractivity contribution >= 4 is 16.8 Å². The van der Waals surface area contributed by atoms with E-state index in [1.807, 2.05) is 0 Å². The number of carbonyl (C=O) groups excluding carboxylic acids is 1. The van der Waals surface area contributed by atoms with Gasteiger partial charge in [-0.3, -0.25) is 9.59 Å². The average molecular weight is 533 g/mol. The van der Waals surface area contributed by atoms with E-state index in [0.29, 0.717) is 41.9 Å². The molecule has 1 fully saturated rings. The highest BCUT2D eigenvalue weighted by molar-refractivity contribution is 6.06. The van der Waals surface area contributed by atoms with Crippen LogP contribution in [-0.2, 0) is 13.1 Å². The first kappa shape index (κ1) is 27.5. The lowest BCUT2D eigenvalue weighted by Crippen LogP contribution is -2.43. The van der Waals surface area contributed by atoms with E-state index in [2.05, 4.69) is 20.3 Å². The molecule has 1 saturated heterocycles. The summed E-state index contributed by atoms with van der Waals surface area (Å²) in [5.41, 5.74) is 1.62. The average Bonchev–Trinajstić information content (AvgIpc) is 2.90. The Balaban J connectivity index is 1.33. The lowest BCUT2D eigenvalue weighted by Gasteiger charge is -2.32. The van der Waals surface area contributed by atoms with Crippen LogP contribution in [0.2, 0.25) is 0 Å². The largest absolute Gasteiger partial charge is 0.573 e. The molecule has 204 valence electrons. The van der Waals surface area contributed by atoms with E-state index in [4.69, 9.17) is 4.74 Å². The van der Waals surface area contributed by atoms with Gasteiger partial charge in [-0.15, -0.1) is 13.2 Å². The summed E-state index contributed by atoms with van der Waals surface area (Å²) in [6.07, 6.45) is -2.88. The van der Waals surface area contributed by atoms with E-state index in [0.717, 1.165) is 31.5 Å². The molecule has 11 heteroatoms. The molecule has 0 atom stereocenters. The summed E-state index contributed by atoms with van der Waals surface area (Å²) in [6.45, 7) is 3.41. The van der Waals surface area contributed by atoms with Crippen LogP contribution in [0.15, 0.2) is 53.3 Å². The molecule has 0 unspecified atom stereocenters. The van der Waals surface area contributed by atoms with Crippen molar-refractivity contribution in [3.8, 4) is 11.5 Å². The maximum atomic E-state index is 13.0. The van der Waals surface area contributed by atoms with E-state index >= 15 is 0 Å². The standard InChI is InChI=1S/C27H31F3N4O4/c1-31-26(36)23-16-25(35)34(24-15-21(37-2)7-8-22(23)24)14-13-33-11-9-19(10-12-33)32-17-18-3-5-20(6-4-18)38-27(28,29)30/h3-8,15-16,19,32H,9-14,17H2,1-2H3,(H,31,36). The number of likely N-dealkylation sites (tertiary alicyclic amines) is 1.